The summed E-state index contributed by atoms with van der Waals surface area (Å²) in [5, 5.41) is 10.0. The molecule has 2 rings (SSSR count). The van der Waals surface area contributed by atoms with Gasteiger partial charge in [-0.05, 0) is 25.5 Å². The van der Waals surface area contributed by atoms with Crippen LogP contribution in [-0.4, -0.2) is 16.7 Å². The molecule has 0 aliphatic heterocycles. The van der Waals surface area contributed by atoms with Crippen LogP contribution in [0.1, 0.15) is 29.8 Å². The van der Waals surface area contributed by atoms with Gasteiger partial charge in [0.15, 0.2) is 0 Å². The summed E-state index contributed by atoms with van der Waals surface area (Å²) >= 11 is 1.47. The van der Waals surface area contributed by atoms with E-state index >= 15 is 0 Å². The van der Waals surface area contributed by atoms with E-state index in [1.54, 1.807) is 18.2 Å². The molecule has 0 amide bonds. The number of benzene rings is 1. The lowest BCUT2D eigenvalue weighted by molar-refractivity contribution is 0.263. The molecule has 1 aromatic heterocycles. The molecule has 0 aliphatic rings. The molecule has 1 atom stereocenters. The smallest absolute Gasteiger partial charge is 0.133 e. The van der Waals surface area contributed by atoms with Crippen LogP contribution in [0.25, 0.3) is 10.6 Å². The minimum absolute atomic E-state index is 0.100. The standard InChI is InChI=1S/C14H16FNOS/c1-3-10(8-17)13-9(2)16-14(18-13)11-6-4-5-7-12(11)15/h4-7,10,17H,3,8H2,1-2H3. The van der Waals surface area contributed by atoms with Gasteiger partial charge in [-0.1, -0.05) is 19.1 Å². The minimum Gasteiger partial charge on any atom is -0.396 e. The summed E-state index contributed by atoms with van der Waals surface area (Å²) in [6, 6.07) is 6.65. The highest BCUT2D eigenvalue weighted by Crippen LogP contribution is 2.34. The zero-order valence-electron chi connectivity index (χ0n) is 10.5. The van der Waals surface area contributed by atoms with Gasteiger partial charge in [-0.2, -0.15) is 0 Å². The van der Waals surface area contributed by atoms with E-state index in [-0.39, 0.29) is 18.3 Å². The largest absolute Gasteiger partial charge is 0.396 e. The Morgan fingerprint density at radius 2 is 2.11 bits per heavy atom. The summed E-state index contributed by atoms with van der Waals surface area (Å²) in [6.07, 6.45) is 0.857. The van der Waals surface area contributed by atoms with Gasteiger partial charge in [-0.3, -0.25) is 0 Å². The van der Waals surface area contributed by atoms with Gasteiger partial charge in [0, 0.05) is 16.4 Å². The van der Waals surface area contributed by atoms with Gasteiger partial charge in [0.2, 0.25) is 0 Å². The van der Waals surface area contributed by atoms with Gasteiger partial charge < -0.3 is 5.11 Å². The monoisotopic (exact) mass is 265 g/mol. The first-order valence-corrected chi connectivity index (χ1v) is 6.82. The average molecular weight is 265 g/mol. The third-order valence-electron chi connectivity index (χ3n) is 3.02. The maximum absolute atomic E-state index is 13.7. The number of thiazole rings is 1. The quantitative estimate of drug-likeness (QED) is 0.913. The van der Waals surface area contributed by atoms with Gasteiger partial charge in [-0.15, -0.1) is 11.3 Å². The highest BCUT2D eigenvalue weighted by molar-refractivity contribution is 7.15. The van der Waals surface area contributed by atoms with E-state index in [4.69, 9.17) is 0 Å². The number of aliphatic hydroxyl groups is 1. The molecule has 96 valence electrons. The first kappa shape index (κ1) is 13.2. The Hall–Kier alpha value is -1.26. The molecular formula is C14H16FNOS. The van der Waals surface area contributed by atoms with E-state index in [0.29, 0.717) is 10.6 Å². The fourth-order valence-electron chi connectivity index (χ4n) is 1.93. The van der Waals surface area contributed by atoms with Crippen molar-refractivity contribution in [3.63, 3.8) is 0 Å². The molecule has 0 spiro atoms. The molecule has 0 fully saturated rings. The third kappa shape index (κ3) is 2.44. The number of halogens is 1. The van der Waals surface area contributed by atoms with Crippen LogP contribution in [-0.2, 0) is 0 Å². The molecule has 0 aliphatic carbocycles. The van der Waals surface area contributed by atoms with E-state index in [9.17, 15) is 9.50 Å². The van der Waals surface area contributed by atoms with Crippen molar-refractivity contribution in [1.82, 2.24) is 4.98 Å². The summed E-state index contributed by atoms with van der Waals surface area (Å²) in [4.78, 5) is 5.48. The predicted molar refractivity (Wildman–Crippen MR) is 72.4 cm³/mol. The molecule has 1 aromatic carbocycles. The maximum Gasteiger partial charge on any atom is 0.133 e. The van der Waals surface area contributed by atoms with Crippen LogP contribution in [0.3, 0.4) is 0 Å². The molecule has 2 aromatic rings. The number of hydrogen-bond donors (Lipinski definition) is 1. The van der Waals surface area contributed by atoms with Crippen molar-refractivity contribution in [3.05, 3.63) is 40.7 Å². The Balaban J connectivity index is 2.43. The van der Waals surface area contributed by atoms with Crippen molar-refractivity contribution >= 4 is 11.3 Å². The molecule has 18 heavy (non-hydrogen) atoms. The zero-order chi connectivity index (χ0) is 13.1. The van der Waals surface area contributed by atoms with Crippen molar-refractivity contribution in [2.75, 3.05) is 6.61 Å². The lowest BCUT2D eigenvalue weighted by atomic mass is 10.1. The highest BCUT2D eigenvalue weighted by atomic mass is 32.1. The Morgan fingerprint density at radius 1 is 1.39 bits per heavy atom. The van der Waals surface area contributed by atoms with Crippen molar-refractivity contribution in [2.45, 2.75) is 26.2 Å². The van der Waals surface area contributed by atoms with Gasteiger partial charge in [-0.25, -0.2) is 9.37 Å². The second-order valence-corrected chi connectivity index (χ2v) is 5.27. The first-order valence-electron chi connectivity index (χ1n) is 6.00. The van der Waals surface area contributed by atoms with E-state index < -0.39 is 0 Å². The molecule has 1 unspecified atom stereocenters. The lowest BCUT2D eigenvalue weighted by Crippen LogP contribution is -2.01. The summed E-state index contributed by atoms with van der Waals surface area (Å²) in [7, 11) is 0. The van der Waals surface area contributed by atoms with Crippen LogP contribution in [0.15, 0.2) is 24.3 Å². The van der Waals surface area contributed by atoms with Crippen LogP contribution in [0.2, 0.25) is 0 Å². The van der Waals surface area contributed by atoms with Crippen molar-refractivity contribution in [1.29, 1.82) is 0 Å². The molecule has 0 saturated heterocycles. The lowest BCUT2D eigenvalue weighted by Gasteiger charge is -2.08. The molecule has 0 saturated carbocycles. The molecule has 1 N–H and O–H groups in total. The Morgan fingerprint density at radius 3 is 2.72 bits per heavy atom. The molecule has 1 heterocycles. The van der Waals surface area contributed by atoms with Crippen LogP contribution >= 0.6 is 11.3 Å². The Kier molecular flexibility index (Phi) is 4.09. The molecule has 0 bridgehead atoms. The highest BCUT2D eigenvalue weighted by Gasteiger charge is 2.18. The fraction of sp³-hybridized carbons (Fsp3) is 0.357. The van der Waals surface area contributed by atoms with Crippen LogP contribution in [0.4, 0.5) is 4.39 Å². The fourth-order valence-corrected chi connectivity index (χ4v) is 3.20. The maximum atomic E-state index is 13.7. The minimum atomic E-state index is -0.255. The van der Waals surface area contributed by atoms with Crippen LogP contribution < -0.4 is 0 Å². The summed E-state index contributed by atoms with van der Waals surface area (Å²) in [6.45, 7) is 4.05. The van der Waals surface area contributed by atoms with Gasteiger partial charge in [0.25, 0.3) is 0 Å². The van der Waals surface area contributed by atoms with Crippen molar-refractivity contribution in [2.24, 2.45) is 0 Å². The van der Waals surface area contributed by atoms with Crippen LogP contribution in [0.5, 0.6) is 0 Å². The topological polar surface area (TPSA) is 33.1 Å². The van der Waals surface area contributed by atoms with Crippen molar-refractivity contribution in [3.8, 4) is 10.6 Å². The average Bonchev–Trinajstić information content (AvgIpc) is 2.74. The molecular weight excluding hydrogens is 249 g/mol. The van der Waals surface area contributed by atoms with Gasteiger partial charge in [0.05, 0.1) is 12.3 Å². The zero-order valence-corrected chi connectivity index (χ0v) is 11.3. The number of hydrogen-bond acceptors (Lipinski definition) is 3. The first-order chi connectivity index (χ1) is 8.67. The van der Waals surface area contributed by atoms with Gasteiger partial charge >= 0.3 is 0 Å². The predicted octanol–water partition coefficient (Wildman–Crippen LogP) is 3.74. The number of aryl methyl sites for hydroxylation is 1. The van der Waals surface area contributed by atoms with E-state index in [1.165, 1.54) is 17.4 Å². The second kappa shape index (κ2) is 5.59. The van der Waals surface area contributed by atoms with E-state index in [2.05, 4.69) is 4.98 Å². The number of aromatic nitrogens is 1. The number of aliphatic hydroxyl groups excluding tert-OH is 1. The summed E-state index contributed by atoms with van der Waals surface area (Å²) in [5.41, 5.74) is 1.42. The number of nitrogens with zero attached hydrogens (tertiary/aromatic N) is 1. The molecule has 0 radical (unpaired) electrons. The third-order valence-corrected chi connectivity index (χ3v) is 4.37. The number of rotatable bonds is 4. The summed E-state index contributed by atoms with van der Waals surface area (Å²) < 4.78 is 13.7. The van der Waals surface area contributed by atoms with E-state index in [1.807, 2.05) is 13.8 Å². The molecule has 4 heteroatoms. The Bertz CT molecular complexity index is 534. The SMILES string of the molecule is CCC(CO)c1sc(-c2ccccc2F)nc1C. The Labute approximate surface area is 110 Å². The normalized spacial score (nSPS) is 12.7. The van der Waals surface area contributed by atoms with Crippen molar-refractivity contribution < 1.29 is 9.50 Å². The van der Waals surface area contributed by atoms with Gasteiger partial charge in [0.1, 0.15) is 10.8 Å². The summed E-state index contributed by atoms with van der Waals surface area (Å²) in [5.74, 6) is -0.155. The van der Waals surface area contributed by atoms with Crippen LogP contribution in [0, 0.1) is 12.7 Å². The molecule has 2 nitrogen and oxygen atoms in total. The van der Waals surface area contributed by atoms with E-state index in [0.717, 1.165) is 17.0 Å². The second-order valence-electron chi connectivity index (χ2n) is 4.24.